The number of ether oxygens (including phenoxy) is 1. The molecule has 2 heterocycles. The summed E-state index contributed by atoms with van der Waals surface area (Å²) in [4.78, 5) is 25.2. The molecule has 144 valence electrons. The maximum Gasteiger partial charge on any atom is 0.317 e. The molecule has 1 aliphatic rings. The van der Waals surface area contributed by atoms with Crippen molar-refractivity contribution in [3.63, 3.8) is 0 Å². The van der Waals surface area contributed by atoms with Crippen LogP contribution in [0.1, 0.15) is 20.3 Å². The first kappa shape index (κ1) is 18.9. The standard InChI is InChI=1S/C20H27N5O2/c1-4-15(2)23-20(26)25-10-8-24(9-11-25)19-13-18(21-14-22-19)16-6-5-7-17(12-16)27-3/h5-7,12-15H,4,8-11H2,1-3H3,(H,23,26)/t15-/m0/s1. The zero-order valence-electron chi connectivity index (χ0n) is 16.2. The number of nitrogens with one attached hydrogen (secondary N) is 1. The number of hydrogen-bond acceptors (Lipinski definition) is 5. The number of rotatable bonds is 5. The summed E-state index contributed by atoms with van der Waals surface area (Å²) in [5.41, 5.74) is 1.85. The quantitative estimate of drug-likeness (QED) is 0.878. The zero-order chi connectivity index (χ0) is 19.2. The number of nitrogens with zero attached hydrogens (tertiary/aromatic N) is 4. The van der Waals surface area contributed by atoms with Crippen LogP contribution in [0.15, 0.2) is 36.7 Å². The summed E-state index contributed by atoms with van der Waals surface area (Å²) in [5.74, 6) is 1.68. The van der Waals surface area contributed by atoms with Gasteiger partial charge in [-0.25, -0.2) is 14.8 Å². The summed E-state index contributed by atoms with van der Waals surface area (Å²) in [6, 6.07) is 10.0. The summed E-state index contributed by atoms with van der Waals surface area (Å²) in [6.45, 7) is 6.96. The Labute approximate surface area is 160 Å². The van der Waals surface area contributed by atoms with Crippen molar-refractivity contribution in [2.75, 3.05) is 38.2 Å². The van der Waals surface area contributed by atoms with Gasteiger partial charge in [-0.2, -0.15) is 0 Å². The Morgan fingerprint density at radius 1 is 1.22 bits per heavy atom. The maximum absolute atomic E-state index is 12.3. The van der Waals surface area contributed by atoms with Crippen molar-refractivity contribution in [3.8, 4) is 17.0 Å². The lowest BCUT2D eigenvalue weighted by Gasteiger charge is -2.35. The summed E-state index contributed by atoms with van der Waals surface area (Å²) in [5, 5.41) is 3.03. The van der Waals surface area contributed by atoms with Crippen molar-refractivity contribution < 1.29 is 9.53 Å². The lowest BCUT2D eigenvalue weighted by Crippen LogP contribution is -2.53. The number of hydrogen-bond donors (Lipinski definition) is 1. The molecule has 1 saturated heterocycles. The van der Waals surface area contributed by atoms with Gasteiger partial charge in [0.1, 0.15) is 17.9 Å². The van der Waals surface area contributed by atoms with Crippen LogP contribution in [0, 0.1) is 0 Å². The molecule has 1 aromatic carbocycles. The fourth-order valence-corrected chi connectivity index (χ4v) is 3.00. The molecule has 7 heteroatoms. The Hall–Kier alpha value is -2.83. The molecule has 3 rings (SSSR count). The van der Waals surface area contributed by atoms with E-state index < -0.39 is 0 Å². The van der Waals surface area contributed by atoms with Crippen LogP contribution in [-0.4, -0.2) is 60.2 Å². The van der Waals surface area contributed by atoms with Crippen LogP contribution < -0.4 is 15.0 Å². The second-order valence-corrected chi connectivity index (χ2v) is 6.73. The van der Waals surface area contributed by atoms with Crippen LogP contribution in [0.3, 0.4) is 0 Å². The minimum Gasteiger partial charge on any atom is -0.497 e. The van der Waals surface area contributed by atoms with Crippen LogP contribution in [0.2, 0.25) is 0 Å². The van der Waals surface area contributed by atoms with E-state index in [1.165, 1.54) is 0 Å². The molecule has 1 atom stereocenters. The Morgan fingerprint density at radius 3 is 2.70 bits per heavy atom. The average molecular weight is 369 g/mol. The number of anilines is 1. The second-order valence-electron chi connectivity index (χ2n) is 6.73. The molecule has 7 nitrogen and oxygen atoms in total. The lowest BCUT2D eigenvalue weighted by molar-refractivity contribution is 0.190. The molecular weight excluding hydrogens is 342 g/mol. The van der Waals surface area contributed by atoms with E-state index in [0.29, 0.717) is 13.1 Å². The van der Waals surface area contributed by atoms with Gasteiger partial charge in [0.25, 0.3) is 0 Å². The number of methoxy groups -OCH3 is 1. The van der Waals surface area contributed by atoms with Crippen molar-refractivity contribution in [2.45, 2.75) is 26.3 Å². The first-order valence-corrected chi connectivity index (χ1v) is 9.37. The van der Waals surface area contributed by atoms with Gasteiger partial charge >= 0.3 is 6.03 Å². The first-order valence-electron chi connectivity index (χ1n) is 9.37. The summed E-state index contributed by atoms with van der Waals surface area (Å²) in [6.07, 6.45) is 2.52. The van der Waals surface area contributed by atoms with Crippen molar-refractivity contribution >= 4 is 11.8 Å². The Morgan fingerprint density at radius 2 is 2.00 bits per heavy atom. The van der Waals surface area contributed by atoms with E-state index in [0.717, 1.165) is 42.3 Å². The fraction of sp³-hybridized carbons (Fsp3) is 0.450. The highest BCUT2D eigenvalue weighted by atomic mass is 16.5. The third-order valence-corrected chi connectivity index (χ3v) is 4.89. The topological polar surface area (TPSA) is 70.6 Å². The molecule has 0 unspecified atom stereocenters. The smallest absolute Gasteiger partial charge is 0.317 e. The summed E-state index contributed by atoms with van der Waals surface area (Å²) >= 11 is 0. The van der Waals surface area contributed by atoms with Crippen molar-refractivity contribution in [1.82, 2.24) is 20.2 Å². The molecule has 2 aromatic rings. The predicted octanol–water partition coefficient (Wildman–Crippen LogP) is 2.78. The molecule has 0 aliphatic carbocycles. The van der Waals surface area contributed by atoms with Crippen LogP contribution in [0.4, 0.5) is 10.6 Å². The van der Waals surface area contributed by atoms with Crippen molar-refractivity contribution in [1.29, 1.82) is 0 Å². The molecule has 0 spiro atoms. The molecule has 1 aromatic heterocycles. The molecule has 0 radical (unpaired) electrons. The van der Waals surface area contributed by atoms with Gasteiger partial charge < -0.3 is 19.9 Å². The molecule has 1 N–H and O–H groups in total. The number of aromatic nitrogens is 2. The fourth-order valence-electron chi connectivity index (χ4n) is 3.00. The molecule has 1 aliphatic heterocycles. The Bertz CT molecular complexity index is 774. The van der Waals surface area contributed by atoms with E-state index in [1.54, 1.807) is 13.4 Å². The van der Waals surface area contributed by atoms with E-state index in [-0.39, 0.29) is 12.1 Å². The number of amides is 2. The van der Waals surface area contributed by atoms with Gasteiger partial charge in [0.2, 0.25) is 0 Å². The van der Waals surface area contributed by atoms with Gasteiger partial charge in [-0.15, -0.1) is 0 Å². The lowest BCUT2D eigenvalue weighted by atomic mass is 10.1. The van der Waals surface area contributed by atoms with E-state index in [1.807, 2.05) is 42.2 Å². The van der Waals surface area contributed by atoms with E-state index in [2.05, 4.69) is 27.1 Å². The van der Waals surface area contributed by atoms with Crippen LogP contribution >= 0.6 is 0 Å². The molecule has 0 bridgehead atoms. The number of carbonyl (C=O) groups is 1. The van der Waals surface area contributed by atoms with Gasteiger partial charge in [0.05, 0.1) is 12.8 Å². The third kappa shape index (κ3) is 4.67. The highest BCUT2D eigenvalue weighted by Gasteiger charge is 2.22. The van der Waals surface area contributed by atoms with Crippen LogP contribution in [0.25, 0.3) is 11.3 Å². The van der Waals surface area contributed by atoms with E-state index in [4.69, 9.17) is 4.74 Å². The average Bonchev–Trinajstić information content (AvgIpc) is 2.73. The van der Waals surface area contributed by atoms with E-state index in [9.17, 15) is 4.79 Å². The van der Waals surface area contributed by atoms with E-state index >= 15 is 0 Å². The van der Waals surface area contributed by atoms with Gasteiger partial charge in [0.15, 0.2) is 0 Å². The van der Waals surface area contributed by atoms with Crippen molar-refractivity contribution in [3.05, 3.63) is 36.7 Å². The SMILES string of the molecule is CC[C@H](C)NC(=O)N1CCN(c2cc(-c3cccc(OC)c3)ncn2)CC1. The second kappa shape index (κ2) is 8.70. The minimum atomic E-state index is 0.0174. The van der Waals surface area contributed by atoms with Gasteiger partial charge in [0, 0.05) is 43.9 Å². The molecular formula is C20H27N5O2. The van der Waals surface area contributed by atoms with Crippen LogP contribution in [0.5, 0.6) is 5.75 Å². The highest BCUT2D eigenvalue weighted by molar-refractivity contribution is 5.75. The number of carbonyl (C=O) groups excluding carboxylic acids is 1. The van der Waals surface area contributed by atoms with Gasteiger partial charge in [-0.1, -0.05) is 19.1 Å². The molecule has 27 heavy (non-hydrogen) atoms. The zero-order valence-corrected chi connectivity index (χ0v) is 16.2. The summed E-state index contributed by atoms with van der Waals surface area (Å²) < 4.78 is 5.30. The molecule has 0 saturated carbocycles. The van der Waals surface area contributed by atoms with Gasteiger partial charge in [-0.3, -0.25) is 0 Å². The minimum absolute atomic E-state index is 0.0174. The predicted molar refractivity (Wildman–Crippen MR) is 106 cm³/mol. The third-order valence-electron chi connectivity index (χ3n) is 4.89. The number of piperazine rings is 1. The van der Waals surface area contributed by atoms with Crippen LogP contribution in [-0.2, 0) is 0 Å². The Kier molecular flexibility index (Phi) is 6.11. The largest absolute Gasteiger partial charge is 0.497 e. The maximum atomic E-state index is 12.3. The number of benzene rings is 1. The van der Waals surface area contributed by atoms with Crippen molar-refractivity contribution in [2.24, 2.45) is 0 Å². The monoisotopic (exact) mass is 369 g/mol. The highest BCUT2D eigenvalue weighted by Crippen LogP contribution is 2.24. The first-order chi connectivity index (χ1) is 13.1. The Balaban J connectivity index is 1.66. The summed E-state index contributed by atoms with van der Waals surface area (Å²) in [7, 11) is 1.65. The molecule has 2 amide bonds. The molecule has 1 fully saturated rings. The normalized spacial score (nSPS) is 15.4. The van der Waals surface area contributed by atoms with Gasteiger partial charge in [-0.05, 0) is 25.5 Å². The number of urea groups is 1.